The Morgan fingerprint density at radius 1 is 1.10 bits per heavy atom. The third-order valence-electron chi connectivity index (χ3n) is 3.31. The molecule has 0 bridgehead atoms. The topological polar surface area (TPSA) is 54.9 Å². The molecule has 0 saturated carbocycles. The summed E-state index contributed by atoms with van der Waals surface area (Å²) in [7, 11) is 0. The number of nitrogens with zero attached hydrogens (tertiary/aromatic N) is 2. The Morgan fingerprint density at radius 3 is 2.67 bits per heavy atom. The Hall–Kier alpha value is -2.75. The number of para-hydroxylation sites is 1. The average molecular weight is 277 g/mol. The molecule has 1 aromatic carbocycles. The molecule has 0 aliphatic rings. The zero-order valence-electron chi connectivity index (χ0n) is 11.9. The Kier molecular flexibility index (Phi) is 3.36. The number of anilines is 1. The first-order valence-corrected chi connectivity index (χ1v) is 6.74. The van der Waals surface area contributed by atoms with E-state index in [9.17, 15) is 4.79 Å². The second-order valence-corrected chi connectivity index (χ2v) is 4.99. The first-order chi connectivity index (χ1) is 10.1. The summed E-state index contributed by atoms with van der Waals surface area (Å²) in [5, 5.41) is 3.75. The van der Waals surface area contributed by atoms with Crippen LogP contribution in [0.15, 0.2) is 48.7 Å². The number of pyridine rings is 2. The molecule has 0 atom stereocenters. The Balaban J connectivity index is 1.93. The van der Waals surface area contributed by atoms with E-state index >= 15 is 0 Å². The van der Waals surface area contributed by atoms with Crippen LogP contribution in [0.25, 0.3) is 10.9 Å². The number of nitrogens with one attached hydrogen (secondary N) is 1. The maximum atomic E-state index is 12.4. The van der Waals surface area contributed by atoms with Crippen LogP contribution in [0, 0.1) is 13.8 Å². The lowest BCUT2D eigenvalue weighted by Crippen LogP contribution is -2.15. The minimum Gasteiger partial charge on any atom is -0.307 e. The monoisotopic (exact) mass is 277 g/mol. The summed E-state index contributed by atoms with van der Waals surface area (Å²) < 4.78 is 0. The molecule has 2 aromatic heterocycles. The van der Waals surface area contributed by atoms with Crippen molar-refractivity contribution in [3.05, 3.63) is 65.5 Å². The predicted octanol–water partition coefficient (Wildman–Crippen LogP) is 3.50. The molecule has 3 rings (SSSR count). The van der Waals surface area contributed by atoms with Crippen LogP contribution in [0.4, 0.5) is 5.82 Å². The van der Waals surface area contributed by atoms with E-state index in [0.29, 0.717) is 17.1 Å². The summed E-state index contributed by atoms with van der Waals surface area (Å²) in [5.41, 5.74) is 3.21. The number of aromatic nitrogens is 2. The lowest BCUT2D eigenvalue weighted by molar-refractivity contribution is 0.102. The minimum absolute atomic E-state index is 0.192. The van der Waals surface area contributed by atoms with Gasteiger partial charge < -0.3 is 5.32 Å². The number of carbonyl (C=O) groups is 1. The maximum Gasteiger partial charge on any atom is 0.258 e. The van der Waals surface area contributed by atoms with E-state index in [1.165, 1.54) is 0 Å². The van der Waals surface area contributed by atoms with Crippen molar-refractivity contribution in [1.82, 2.24) is 9.97 Å². The number of aryl methyl sites for hydroxylation is 2. The van der Waals surface area contributed by atoms with Gasteiger partial charge in [0.1, 0.15) is 5.82 Å². The summed E-state index contributed by atoms with van der Waals surface area (Å²) in [6.45, 7) is 3.79. The van der Waals surface area contributed by atoms with Crippen LogP contribution in [0.2, 0.25) is 0 Å². The fourth-order valence-corrected chi connectivity index (χ4v) is 2.17. The smallest absolute Gasteiger partial charge is 0.258 e. The molecular weight excluding hydrogens is 262 g/mol. The van der Waals surface area contributed by atoms with Gasteiger partial charge in [-0.3, -0.25) is 9.78 Å². The second-order valence-electron chi connectivity index (χ2n) is 4.99. The molecule has 4 heteroatoms. The number of hydrogen-bond acceptors (Lipinski definition) is 3. The summed E-state index contributed by atoms with van der Waals surface area (Å²) in [4.78, 5) is 21.0. The van der Waals surface area contributed by atoms with Gasteiger partial charge in [0.25, 0.3) is 5.91 Å². The summed E-state index contributed by atoms with van der Waals surface area (Å²) in [5.74, 6) is 0.347. The van der Waals surface area contributed by atoms with Crippen molar-refractivity contribution in [3.63, 3.8) is 0 Å². The van der Waals surface area contributed by atoms with E-state index in [2.05, 4.69) is 15.3 Å². The molecule has 104 valence electrons. The molecule has 0 spiro atoms. The van der Waals surface area contributed by atoms with Crippen LogP contribution in [0.1, 0.15) is 21.6 Å². The van der Waals surface area contributed by atoms with Gasteiger partial charge in [0.2, 0.25) is 0 Å². The number of hydrogen-bond donors (Lipinski definition) is 1. The fourth-order valence-electron chi connectivity index (χ4n) is 2.17. The normalized spacial score (nSPS) is 10.6. The minimum atomic E-state index is -0.192. The lowest BCUT2D eigenvalue weighted by atomic mass is 10.1. The zero-order valence-corrected chi connectivity index (χ0v) is 11.9. The molecule has 0 aliphatic carbocycles. The van der Waals surface area contributed by atoms with Gasteiger partial charge in [-0.15, -0.1) is 0 Å². The predicted molar refractivity (Wildman–Crippen MR) is 83.4 cm³/mol. The molecule has 2 heterocycles. The van der Waals surface area contributed by atoms with Gasteiger partial charge in [-0.2, -0.15) is 0 Å². The molecule has 0 fully saturated rings. The first-order valence-electron chi connectivity index (χ1n) is 6.74. The van der Waals surface area contributed by atoms with Crippen molar-refractivity contribution in [2.75, 3.05) is 5.32 Å². The van der Waals surface area contributed by atoms with Crippen LogP contribution in [-0.2, 0) is 0 Å². The van der Waals surface area contributed by atoms with E-state index in [0.717, 1.165) is 16.5 Å². The quantitative estimate of drug-likeness (QED) is 0.780. The highest BCUT2D eigenvalue weighted by atomic mass is 16.1. The Bertz CT molecular complexity index is 810. The van der Waals surface area contributed by atoms with Crippen molar-refractivity contribution in [1.29, 1.82) is 0 Å². The first kappa shape index (κ1) is 13.2. The lowest BCUT2D eigenvalue weighted by Gasteiger charge is -2.08. The van der Waals surface area contributed by atoms with Crippen LogP contribution >= 0.6 is 0 Å². The van der Waals surface area contributed by atoms with Gasteiger partial charge in [0, 0.05) is 11.6 Å². The van der Waals surface area contributed by atoms with Crippen molar-refractivity contribution in [2.24, 2.45) is 0 Å². The SMILES string of the molecule is Cc1ccc(NC(=O)c2cc3ccccc3nc2C)nc1. The third-order valence-corrected chi connectivity index (χ3v) is 3.31. The molecule has 0 unspecified atom stereocenters. The molecule has 0 aliphatic heterocycles. The van der Waals surface area contributed by atoms with Gasteiger partial charge in [0.05, 0.1) is 16.8 Å². The highest BCUT2D eigenvalue weighted by Crippen LogP contribution is 2.17. The van der Waals surface area contributed by atoms with Crippen molar-refractivity contribution >= 4 is 22.6 Å². The van der Waals surface area contributed by atoms with Gasteiger partial charge in [-0.05, 0) is 37.6 Å². The molecule has 0 radical (unpaired) electrons. The van der Waals surface area contributed by atoms with Crippen molar-refractivity contribution in [2.45, 2.75) is 13.8 Å². The average Bonchev–Trinajstić information content (AvgIpc) is 2.49. The number of amides is 1. The molecule has 1 N–H and O–H groups in total. The van der Waals surface area contributed by atoms with E-state index in [1.807, 2.05) is 50.2 Å². The van der Waals surface area contributed by atoms with Crippen molar-refractivity contribution < 1.29 is 4.79 Å². The highest BCUT2D eigenvalue weighted by molar-refractivity contribution is 6.06. The molecule has 3 aromatic rings. The van der Waals surface area contributed by atoms with E-state index in [-0.39, 0.29) is 5.91 Å². The summed E-state index contributed by atoms with van der Waals surface area (Å²) in [6.07, 6.45) is 1.72. The van der Waals surface area contributed by atoms with E-state index in [1.54, 1.807) is 12.3 Å². The van der Waals surface area contributed by atoms with E-state index in [4.69, 9.17) is 0 Å². The number of carbonyl (C=O) groups excluding carboxylic acids is 1. The van der Waals surface area contributed by atoms with Gasteiger partial charge >= 0.3 is 0 Å². The highest BCUT2D eigenvalue weighted by Gasteiger charge is 2.12. The van der Waals surface area contributed by atoms with Crippen LogP contribution in [0.5, 0.6) is 0 Å². The van der Waals surface area contributed by atoms with Crippen LogP contribution in [0.3, 0.4) is 0 Å². The number of rotatable bonds is 2. The fraction of sp³-hybridized carbons (Fsp3) is 0.118. The molecule has 1 amide bonds. The standard InChI is InChI=1S/C17H15N3O/c1-11-7-8-16(18-10-11)20-17(21)14-9-13-5-3-4-6-15(13)19-12(14)2/h3-10H,1-2H3,(H,18,20,21). The summed E-state index contributed by atoms with van der Waals surface area (Å²) >= 11 is 0. The second kappa shape index (κ2) is 5.32. The third kappa shape index (κ3) is 2.74. The number of fused-ring (bicyclic) bond motifs is 1. The molecule has 21 heavy (non-hydrogen) atoms. The summed E-state index contributed by atoms with van der Waals surface area (Å²) in [6, 6.07) is 13.3. The Morgan fingerprint density at radius 2 is 1.90 bits per heavy atom. The largest absolute Gasteiger partial charge is 0.307 e. The zero-order chi connectivity index (χ0) is 14.8. The van der Waals surface area contributed by atoms with Gasteiger partial charge in [-0.1, -0.05) is 24.3 Å². The van der Waals surface area contributed by atoms with E-state index < -0.39 is 0 Å². The number of benzene rings is 1. The van der Waals surface area contributed by atoms with Gasteiger partial charge in [-0.25, -0.2) is 4.98 Å². The van der Waals surface area contributed by atoms with Crippen LogP contribution in [-0.4, -0.2) is 15.9 Å². The maximum absolute atomic E-state index is 12.4. The molecular formula is C17H15N3O. The molecule has 0 saturated heterocycles. The Labute approximate surface area is 122 Å². The molecule has 4 nitrogen and oxygen atoms in total. The van der Waals surface area contributed by atoms with Crippen molar-refractivity contribution in [3.8, 4) is 0 Å². The van der Waals surface area contributed by atoms with Crippen LogP contribution < -0.4 is 5.32 Å². The van der Waals surface area contributed by atoms with Gasteiger partial charge in [0.15, 0.2) is 0 Å².